The van der Waals surface area contributed by atoms with Gasteiger partial charge in [0, 0.05) is 26.2 Å². The lowest BCUT2D eigenvalue weighted by Crippen LogP contribution is -2.66. The molecule has 116 valence electrons. The number of benzene rings is 1. The molecule has 0 saturated heterocycles. The zero-order chi connectivity index (χ0) is 16.0. The van der Waals surface area contributed by atoms with Crippen molar-refractivity contribution in [2.24, 2.45) is 0 Å². The third-order valence-corrected chi connectivity index (χ3v) is 3.27. The average Bonchev–Trinajstić information content (AvgIpc) is 2.67. The van der Waals surface area contributed by atoms with Gasteiger partial charge < -0.3 is 14.4 Å². The summed E-state index contributed by atoms with van der Waals surface area (Å²) in [4.78, 5) is 12.4. The molecule has 1 N–H and O–H groups in total. The molecular formula is C11H9Cl2F3N2O3. The fraction of sp³-hybridized carbons (Fsp3) is 0.364. The zero-order valence-corrected chi connectivity index (χ0v) is 12.2. The average molecular weight is 345 g/mol. The van der Waals surface area contributed by atoms with E-state index in [4.69, 9.17) is 32.7 Å². The molecule has 0 spiro atoms. The van der Waals surface area contributed by atoms with Gasteiger partial charge in [-0.1, -0.05) is 23.2 Å². The molecule has 1 aromatic rings. The normalized spacial score (nSPS) is 15.8. The molecule has 10 heteroatoms. The smallest absolute Gasteiger partial charge is 0.424 e. The Morgan fingerprint density at radius 2 is 1.62 bits per heavy atom. The highest BCUT2D eigenvalue weighted by molar-refractivity contribution is 6.42. The van der Waals surface area contributed by atoms with Crippen LogP contribution in [0, 0.1) is 0 Å². The van der Waals surface area contributed by atoms with Crippen LogP contribution in [0.25, 0.3) is 0 Å². The largest absolute Gasteiger partial charge is 0.492 e. The van der Waals surface area contributed by atoms with Crippen molar-refractivity contribution >= 4 is 29.2 Å². The summed E-state index contributed by atoms with van der Waals surface area (Å²) in [5.74, 6) is -3.88. The highest BCUT2D eigenvalue weighted by atomic mass is 35.5. The molecule has 2 amide bonds. The van der Waals surface area contributed by atoms with Crippen molar-refractivity contribution in [2.45, 2.75) is 12.1 Å². The lowest BCUT2D eigenvalue weighted by atomic mass is 10.3. The van der Waals surface area contributed by atoms with Crippen LogP contribution >= 0.6 is 23.2 Å². The quantitative estimate of drug-likeness (QED) is 0.850. The van der Waals surface area contributed by atoms with Crippen LogP contribution in [0.15, 0.2) is 12.1 Å². The van der Waals surface area contributed by atoms with E-state index in [1.807, 2.05) is 0 Å². The molecule has 0 saturated carbocycles. The van der Waals surface area contributed by atoms with Crippen LogP contribution in [-0.4, -0.2) is 37.1 Å². The molecule has 1 aliphatic rings. The molecule has 1 heterocycles. The first kappa shape index (κ1) is 15.8. The maximum absolute atomic E-state index is 13.3. The third kappa shape index (κ3) is 2.77. The van der Waals surface area contributed by atoms with Gasteiger partial charge >= 0.3 is 18.1 Å². The number of nitrogens with one attached hydrogen (secondary N) is 1. The van der Waals surface area contributed by atoms with E-state index in [2.05, 4.69) is 0 Å². The molecule has 0 atom stereocenters. The van der Waals surface area contributed by atoms with Crippen LogP contribution < -0.4 is 14.8 Å². The fourth-order valence-corrected chi connectivity index (χ4v) is 1.80. The van der Waals surface area contributed by atoms with Gasteiger partial charge in [-0.25, -0.2) is 4.79 Å². The van der Waals surface area contributed by atoms with Crippen molar-refractivity contribution in [2.75, 3.05) is 14.1 Å². The predicted octanol–water partition coefficient (Wildman–Crippen LogP) is 3.25. The number of nitrogens with zero attached hydrogens (tertiary/aromatic N) is 1. The molecule has 0 fully saturated rings. The van der Waals surface area contributed by atoms with Crippen molar-refractivity contribution in [1.82, 2.24) is 10.2 Å². The minimum absolute atomic E-state index is 0.00377. The van der Waals surface area contributed by atoms with Gasteiger partial charge in [0.25, 0.3) is 0 Å². The lowest BCUT2D eigenvalue weighted by molar-refractivity contribution is -0.318. The number of rotatable bonds is 1. The van der Waals surface area contributed by atoms with Crippen molar-refractivity contribution in [3.8, 4) is 11.5 Å². The highest BCUT2D eigenvalue weighted by Crippen LogP contribution is 2.47. The van der Waals surface area contributed by atoms with Gasteiger partial charge in [0.15, 0.2) is 11.5 Å². The zero-order valence-electron chi connectivity index (χ0n) is 10.7. The number of halogens is 5. The number of amides is 2. The second-order valence-electron chi connectivity index (χ2n) is 4.36. The van der Waals surface area contributed by atoms with Crippen molar-refractivity contribution in [3.05, 3.63) is 22.2 Å². The SMILES string of the molecule is CN(C)C(=O)NC1(C(F)(F)F)Oc2cc(Cl)c(Cl)cc2O1. The molecule has 5 nitrogen and oxygen atoms in total. The summed E-state index contributed by atoms with van der Waals surface area (Å²) in [5, 5.41) is 1.64. The van der Waals surface area contributed by atoms with E-state index in [1.165, 1.54) is 14.1 Å². The van der Waals surface area contributed by atoms with Gasteiger partial charge in [-0.2, -0.15) is 13.2 Å². The number of alkyl halides is 3. The van der Waals surface area contributed by atoms with Crippen molar-refractivity contribution in [3.63, 3.8) is 0 Å². The van der Waals surface area contributed by atoms with Gasteiger partial charge in [0.2, 0.25) is 0 Å². The number of fused-ring (bicyclic) bond motifs is 1. The summed E-state index contributed by atoms with van der Waals surface area (Å²) >= 11 is 11.4. The third-order valence-electron chi connectivity index (χ3n) is 2.54. The maximum atomic E-state index is 13.3. The van der Waals surface area contributed by atoms with Gasteiger partial charge in [0.05, 0.1) is 10.0 Å². The van der Waals surface area contributed by atoms with E-state index in [9.17, 15) is 18.0 Å². The minimum atomic E-state index is -5.03. The number of carbonyl (C=O) groups excluding carboxylic acids is 1. The first-order chi connectivity index (χ1) is 9.56. The van der Waals surface area contributed by atoms with Crippen LogP contribution in [0.4, 0.5) is 18.0 Å². The highest BCUT2D eigenvalue weighted by Gasteiger charge is 2.66. The van der Waals surface area contributed by atoms with Crippen LogP contribution in [-0.2, 0) is 0 Å². The van der Waals surface area contributed by atoms with E-state index < -0.39 is 18.1 Å². The van der Waals surface area contributed by atoms with Gasteiger partial charge in [-0.05, 0) is 0 Å². The Hall–Kier alpha value is -1.54. The molecule has 0 unspecified atom stereocenters. The van der Waals surface area contributed by atoms with E-state index >= 15 is 0 Å². The van der Waals surface area contributed by atoms with Crippen LogP contribution in [0.1, 0.15) is 0 Å². The molecule has 1 aliphatic heterocycles. The van der Waals surface area contributed by atoms with Crippen molar-refractivity contribution < 1.29 is 27.4 Å². The first-order valence-corrected chi connectivity index (χ1v) is 6.24. The van der Waals surface area contributed by atoms with Gasteiger partial charge in [-0.15, -0.1) is 0 Å². The summed E-state index contributed by atoms with van der Waals surface area (Å²) < 4.78 is 49.3. The Morgan fingerprint density at radius 3 is 1.95 bits per heavy atom. The lowest BCUT2D eigenvalue weighted by Gasteiger charge is -2.30. The Balaban J connectivity index is 2.40. The Bertz CT molecular complexity index is 562. The number of hydrogen-bond donors (Lipinski definition) is 1. The standard InChI is InChI=1S/C11H9Cl2F3N2O3/c1-18(2)9(19)17-11(10(14,15)16)20-7-3-5(12)6(13)4-8(7)21-11/h3-4H,1-2H3,(H,17,19). The molecule has 0 radical (unpaired) electrons. The van der Waals surface area contributed by atoms with E-state index in [0.717, 1.165) is 17.0 Å². The number of hydrogen-bond acceptors (Lipinski definition) is 3. The second kappa shape index (κ2) is 5.03. The molecular weight excluding hydrogens is 336 g/mol. The molecule has 0 bridgehead atoms. The maximum Gasteiger partial charge on any atom is 0.492 e. The fourth-order valence-electron chi connectivity index (χ4n) is 1.49. The predicted molar refractivity (Wildman–Crippen MR) is 68.7 cm³/mol. The van der Waals surface area contributed by atoms with Gasteiger partial charge in [-0.3, -0.25) is 5.32 Å². The summed E-state index contributed by atoms with van der Waals surface area (Å²) in [5.41, 5.74) is 0. The minimum Gasteiger partial charge on any atom is -0.424 e. The topological polar surface area (TPSA) is 50.8 Å². The molecule has 0 aliphatic carbocycles. The summed E-state index contributed by atoms with van der Waals surface area (Å²) in [6.07, 6.45) is -5.03. The van der Waals surface area contributed by atoms with E-state index in [1.54, 1.807) is 5.32 Å². The second-order valence-corrected chi connectivity index (χ2v) is 5.17. The summed E-state index contributed by atoms with van der Waals surface area (Å²) in [6.45, 7) is 0. The van der Waals surface area contributed by atoms with Gasteiger partial charge in [0.1, 0.15) is 0 Å². The number of carbonyl (C=O) groups is 1. The molecule has 2 rings (SSSR count). The first-order valence-electron chi connectivity index (χ1n) is 5.49. The van der Waals surface area contributed by atoms with Crippen LogP contribution in [0.2, 0.25) is 10.0 Å². The summed E-state index contributed by atoms with van der Waals surface area (Å²) in [7, 11) is 2.55. The monoisotopic (exact) mass is 344 g/mol. The number of ether oxygens (including phenoxy) is 2. The van der Waals surface area contributed by atoms with Crippen LogP contribution in [0.3, 0.4) is 0 Å². The van der Waals surface area contributed by atoms with E-state index in [0.29, 0.717) is 0 Å². The Kier molecular flexibility index (Phi) is 3.79. The molecule has 0 aromatic heterocycles. The Labute approximate surface area is 127 Å². The van der Waals surface area contributed by atoms with Crippen LogP contribution in [0.5, 0.6) is 11.5 Å². The molecule has 21 heavy (non-hydrogen) atoms. The Morgan fingerprint density at radius 1 is 1.19 bits per heavy atom. The number of urea groups is 1. The summed E-state index contributed by atoms with van der Waals surface area (Å²) in [6, 6.07) is 1.11. The molecule has 1 aromatic carbocycles. The van der Waals surface area contributed by atoms with E-state index in [-0.39, 0.29) is 21.5 Å². The van der Waals surface area contributed by atoms with Crippen molar-refractivity contribution in [1.29, 1.82) is 0 Å².